The number of hydrogen-bond acceptors (Lipinski definition) is 2. The Labute approximate surface area is 111 Å². The fourth-order valence-electron chi connectivity index (χ4n) is 2.03. The van der Waals surface area contributed by atoms with Crippen LogP contribution >= 0.6 is 0 Å². The van der Waals surface area contributed by atoms with Crippen molar-refractivity contribution in [1.29, 1.82) is 0 Å². The molecule has 0 radical (unpaired) electrons. The molecule has 0 saturated heterocycles. The van der Waals surface area contributed by atoms with Gasteiger partial charge in [0.25, 0.3) is 0 Å². The lowest BCUT2D eigenvalue weighted by molar-refractivity contribution is 0.588. The van der Waals surface area contributed by atoms with Crippen molar-refractivity contribution in [2.75, 3.05) is 5.32 Å². The van der Waals surface area contributed by atoms with Crippen molar-refractivity contribution >= 4 is 5.69 Å². The zero-order valence-corrected chi connectivity index (χ0v) is 11.2. The van der Waals surface area contributed by atoms with Crippen LogP contribution in [0.25, 0.3) is 0 Å². The molecule has 5 heteroatoms. The van der Waals surface area contributed by atoms with Crippen molar-refractivity contribution in [1.82, 2.24) is 9.78 Å². The molecule has 19 heavy (non-hydrogen) atoms. The van der Waals surface area contributed by atoms with Gasteiger partial charge in [0.15, 0.2) is 0 Å². The van der Waals surface area contributed by atoms with E-state index in [1.807, 2.05) is 27.1 Å². The van der Waals surface area contributed by atoms with Crippen LogP contribution in [-0.2, 0) is 13.6 Å². The fourth-order valence-corrected chi connectivity index (χ4v) is 2.03. The molecule has 0 amide bonds. The van der Waals surface area contributed by atoms with Crippen LogP contribution in [0, 0.1) is 11.6 Å². The molecule has 0 saturated carbocycles. The van der Waals surface area contributed by atoms with Gasteiger partial charge in [0.2, 0.25) is 0 Å². The van der Waals surface area contributed by atoms with Crippen molar-refractivity contribution in [2.45, 2.75) is 26.3 Å². The number of aryl methyl sites for hydroxylation is 1. The number of anilines is 1. The van der Waals surface area contributed by atoms with Crippen LogP contribution < -0.4 is 5.32 Å². The lowest BCUT2D eigenvalue weighted by Gasteiger charge is -2.09. The largest absolute Gasteiger partial charge is 0.376 e. The summed E-state index contributed by atoms with van der Waals surface area (Å²) in [5.74, 6) is -0.909. The molecule has 1 aromatic heterocycles. The van der Waals surface area contributed by atoms with Gasteiger partial charge in [-0.1, -0.05) is 19.9 Å². The molecule has 1 aromatic carbocycles. The van der Waals surface area contributed by atoms with Crippen molar-refractivity contribution in [3.63, 3.8) is 0 Å². The zero-order chi connectivity index (χ0) is 14.0. The summed E-state index contributed by atoms with van der Waals surface area (Å²) in [7, 11) is 1.83. The Balaban J connectivity index is 2.19. The van der Waals surface area contributed by atoms with Crippen LogP contribution in [0.15, 0.2) is 24.4 Å². The summed E-state index contributed by atoms with van der Waals surface area (Å²) < 4.78 is 28.7. The van der Waals surface area contributed by atoms with Gasteiger partial charge in [-0.05, 0) is 18.1 Å². The van der Waals surface area contributed by atoms with E-state index in [1.54, 1.807) is 4.68 Å². The van der Waals surface area contributed by atoms with Crippen LogP contribution in [0.2, 0.25) is 0 Å². The predicted molar refractivity (Wildman–Crippen MR) is 71.0 cm³/mol. The molecule has 0 aliphatic carbocycles. The van der Waals surface area contributed by atoms with Gasteiger partial charge in [-0.3, -0.25) is 4.68 Å². The lowest BCUT2D eigenvalue weighted by atomic mass is 10.1. The molecule has 0 aliphatic rings. The molecule has 0 bridgehead atoms. The van der Waals surface area contributed by atoms with Crippen LogP contribution in [-0.4, -0.2) is 9.78 Å². The summed E-state index contributed by atoms with van der Waals surface area (Å²) in [5, 5.41) is 7.16. The highest BCUT2D eigenvalue weighted by Gasteiger charge is 2.13. The Morgan fingerprint density at radius 2 is 1.89 bits per heavy atom. The Kier molecular flexibility index (Phi) is 3.83. The van der Waals surface area contributed by atoms with Crippen LogP contribution in [0.1, 0.15) is 31.0 Å². The second kappa shape index (κ2) is 5.38. The molecule has 0 atom stereocenters. The second-order valence-electron chi connectivity index (χ2n) is 4.82. The number of benzene rings is 1. The number of nitrogens with zero attached hydrogens (tertiary/aromatic N) is 2. The molecule has 0 spiro atoms. The number of hydrogen-bond donors (Lipinski definition) is 1. The predicted octanol–water partition coefficient (Wildman–Crippen LogP) is 3.43. The topological polar surface area (TPSA) is 29.9 Å². The first kappa shape index (κ1) is 13.5. The van der Waals surface area contributed by atoms with E-state index in [9.17, 15) is 8.78 Å². The average molecular weight is 265 g/mol. The van der Waals surface area contributed by atoms with Crippen LogP contribution in [0.3, 0.4) is 0 Å². The Morgan fingerprint density at radius 3 is 2.47 bits per heavy atom. The third-order valence-corrected chi connectivity index (χ3v) is 2.90. The van der Waals surface area contributed by atoms with E-state index < -0.39 is 11.6 Å². The highest BCUT2D eigenvalue weighted by molar-refractivity contribution is 5.46. The third-order valence-electron chi connectivity index (χ3n) is 2.90. The Bertz CT molecular complexity index is 556. The minimum absolute atomic E-state index is 0.0962. The Morgan fingerprint density at radius 1 is 1.26 bits per heavy atom. The minimum atomic E-state index is -0.588. The molecule has 2 rings (SSSR count). The van der Waals surface area contributed by atoms with Crippen LogP contribution in [0.4, 0.5) is 14.5 Å². The minimum Gasteiger partial charge on any atom is -0.376 e. The number of aromatic nitrogens is 2. The molecule has 0 aliphatic heterocycles. The average Bonchev–Trinajstić information content (AvgIpc) is 2.70. The number of halogens is 2. The van der Waals surface area contributed by atoms with Gasteiger partial charge >= 0.3 is 0 Å². The molecule has 1 N–H and O–H groups in total. The smallest absolute Gasteiger partial charge is 0.149 e. The van der Waals surface area contributed by atoms with Gasteiger partial charge in [-0.25, -0.2) is 8.78 Å². The fraction of sp³-hybridized carbons (Fsp3) is 0.357. The molecule has 3 nitrogen and oxygen atoms in total. The standard InChI is InChI=1S/C14H17F2N3/c1-9(2)13-10(8-19(3)18-13)7-17-14-11(15)5-4-6-12(14)16/h4-6,8-9,17H,7H2,1-3H3. The van der Waals surface area contributed by atoms with E-state index >= 15 is 0 Å². The molecule has 102 valence electrons. The van der Waals surface area contributed by atoms with E-state index in [2.05, 4.69) is 10.4 Å². The van der Waals surface area contributed by atoms with Gasteiger partial charge in [0.05, 0.1) is 5.69 Å². The Hall–Kier alpha value is -1.91. The first-order valence-corrected chi connectivity index (χ1v) is 6.19. The van der Waals surface area contributed by atoms with Crippen molar-refractivity contribution in [2.24, 2.45) is 7.05 Å². The number of nitrogens with one attached hydrogen (secondary N) is 1. The van der Waals surface area contributed by atoms with Gasteiger partial charge < -0.3 is 5.32 Å². The number of para-hydroxylation sites is 1. The third kappa shape index (κ3) is 2.92. The van der Waals surface area contributed by atoms with Gasteiger partial charge in [-0.15, -0.1) is 0 Å². The van der Waals surface area contributed by atoms with Crippen LogP contribution in [0.5, 0.6) is 0 Å². The monoisotopic (exact) mass is 265 g/mol. The second-order valence-corrected chi connectivity index (χ2v) is 4.82. The van der Waals surface area contributed by atoms with E-state index in [0.29, 0.717) is 6.54 Å². The first-order chi connectivity index (χ1) is 8.99. The quantitative estimate of drug-likeness (QED) is 0.917. The normalized spacial score (nSPS) is 11.1. The summed E-state index contributed by atoms with van der Waals surface area (Å²) in [6, 6.07) is 3.81. The lowest BCUT2D eigenvalue weighted by Crippen LogP contribution is -2.05. The maximum Gasteiger partial charge on any atom is 0.149 e. The zero-order valence-electron chi connectivity index (χ0n) is 11.2. The highest BCUT2D eigenvalue weighted by Crippen LogP contribution is 2.21. The molecular formula is C14H17F2N3. The molecule has 1 heterocycles. The maximum atomic E-state index is 13.5. The van der Waals surface area contributed by atoms with E-state index in [4.69, 9.17) is 0 Å². The van der Waals surface area contributed by atoms with Crippen molar-refractivity contribution in [3.8, 4) is 0 Å². The van der Waals surface area contributed by atoms with Crippen molar-refractivity contribution < 1.29 is 8.78 Å². The summed E-state index contributed by atoms with van der Waals surface area (Å²) in [6.07, 6.45) is 1.86. The summed E-state index contributed by atoms with van der Waals surface area (Å²) in [4.78, 5) is 0. The summed E-state index contributed by atoms with van der Waals surface area (Å²) in [6.45, 7) is 4.42. The van der Waals surface area contributed by atoms with Gasteiger partial charge in [0.1, 0.15) is 17.3 Å². The van der Waals surface area contributed by atoms with Crippen molar-refractivity contribution in [3.05, 3.63) is 47.3 Å². The van der Waals surface area contributed by atoms with Gasteiger partial charge in [-0.2, -0.15) is 5.10 Å². The molecule has 2 aromatic rings. The molecular weight excluding hydrogens is 248 g/mol. The van der Waals surface area contributed by atoms with E-state index in [-0.39, 0.29) is 11.6 Å². The van der Waals surface area contributed by atoms with Gasteiger partial charge in [0, 0.05) is 25.4 Å². The van der Waals surface area contributed by atoms with E-state index in [0.717, 1.165) is 11.3 Å². The highest BCUT2D eigenvalue weighted by atomic mass is 19.1. The molecule has 0 fully saturated rings. The molecule has 0 unspecified atom stereocenters. The maximum absolute atomic E-state index is 13.5. The number of rotatable bonds is 4. The first-order valence-electron chi connectivity index (χ1n) is 6.19. The summed E-state index contributed by atoms with van der Waals surface area (Å²) in [5.41, 5.74) is 1.79. The van der Waals surface area contributed by atoms with E-state index in [1.165, 1.54) is 18.2 Å². The SMILES string of the molecule is CC(C)c1nn(C)cc1CNc1c(F)cccc1F. The summed E-state index contributed by atoms with van der Waals surface area (Å²) >= 11 is 0.